The summed E-state index contributed by atoms with van der Waals surface area (Å²) in [7, 11) is 2.85. The fourth-order valence-corrected chi connectivity index (χ4v) is 6.37. The van der Waals surface area contributed by atoms with Crippen molar-refractivity contribution in [2.45, 2.75) is 70.6 Å². The Kier molecular flexibility index (Phi) is 14.4. The molecule has 2 heterocycles. The minimum atomic E-state index is -1.37. The molecule has 300 valence electrons. The molecule has 16 nitrogen and oxygen atoms in total. The van der Waals surface area contributed by atoms with Gasteiger partial charge in [-0.25, -0.2) is 9.59 Å². The second-order valence-electron chi connectivity index (χ2n) is 14.4. The van der Waals surface area contributed by atoms with Gasteiger partial charge in [-0.3, -0.25) is 20.2 Å². The summed E-state index contributed by atoms with van der Waals surface area (Å²) in [6.07, 6.45) is 0.595. The number of aliphatic hydroxyl groups is 2. The Hall–Kier alpha value is -5.48. The molecule has 0 radical (unpaired) electrons. The van der Waals surface area contributed by atoms with Crippen molar-refractivity contribution in [3.63, 3.8) is 0 Å². The molecule has 2 aliphatic rings. The van der Waals surface area contributed by atoms with E-state index in [1.54, 1.807) is 20.8 Å². The summed E-state index contributed by atoms with van der Waals surface area (Å²) in [5.41, 5.74) is 1.13. The van der Waals surface area contributed by atoms with Crippen LogP contribution in [0.2, 0.25) is 0 Å². The van der Waals surface area contributed by atoms with Crippen LogP contribution in [-0.4, -0.2) is 121 Å². The van der Waals surface area contributed by atoms with Crippen LogP contribution in [0.3, 0.4) is 0 Å². The van der Waals surface area contributed by atoms with E-state index in [1.807, 2.05) is 0 Å². The third-order valence-electron chi connectivity index (χ3n) is 8.91. The molecule has 0 saturated carbocycles. The Balaban J connectivity index is 1.41. The van der Waals surface area contributed by atoms with E-state index in [2.05, 4.69) is 23.8 Å². The van der Waals surface area contributed by atoms with Gasteiger partial charge in [-0.2, -0.15) is 0 Å². The summed E-state index contributed by atoms with van der Waals surface area (Å²) in [4.78, 5) is 54.6. The molecule has 0 bridgehead atoms. The van der Waals surface area contributed by atoms with Crippen molar-refractivity contribution in [2.75, 3.05) is 64.4 Å². The molecule has 0 aliphatic carbocycles. The van der Waals surface area contributed by atoms with Gasteiger partial charge in [-0.05, 0) is 65.0 Å². The van der Waals surface area contributed by atoms with Crippen LogP contribution in [0.15, 0.2) is 48.6 Å². The van der Waals surface area contributed by atoms with Gasteiger partial charge >= 0.3 is 12.2 Å². The van der Waals surface area contributed by atoms with Gasteiger partial charge < -0.3 is 48.8 Å². The maximum absolute atomic E-state index is 13.7. The van der Waals surface area contributed by atoms with Crippen LogP contribution in [0, 0.1) is 0 Å². The summed E-state index contributed by atoms with van der Waals surface area (Å²) in [5, 5.41) is 34.1. The molecule has 2 fully saturated rings. The molecule has 0 spiro atoms. The SMILES string of the molecule is C=C1CC(CO)N(C(=O)c2cc(OC)c(OCCCCCOc3cc(NC(=O)OC(C)(C)C)c(C(=O)N4CC(=C)CC4CO)cc3OC)cc2NC(=O)O)C1. The number of benzene rings is 2. The lowest BCUT2D eigenvalue weighted by molar-refractivity contribution is 0.0634. The first-order valence-corrected chi connectivity index (χ1v) is 18.0. The lowest BCUT2D eigenvalue weighted by Crippen LogP contribution is -2.38. The first kappa shape index (κ1) is 42.3. The first-order chi connectivity index (χ1) is 26.1. The van der Waals surface area contributed by atoms with Crippen LogP contribution in [-0.2, 0) is 4.74 Å². The molecular formula is C39H52N4O12. The Morgan fingerprint density at radius 1 is 0.727 bits per heavy atom. The van der Waals surface area contributed by atoms with Gasteiger partial charge in [0.1, 0.15) is 5.60 Å². The van der Waals surface area contributed by atoms with E-state index < -0.39 is 41.7 Å². The number of amides is 4. The average Bonchev–Trinajstić information content (AvgIpc) is 3.70. The van der Waals surface area contributed by atoms with Gasteiger partial charge in [-0.15, -0.1) is 0 Å². The van der Waals surface area contributed by atoms with Gasteiger partial charge in [-0.1, -0.05) is 24.3 Å². The number of ether oxygens (including phenoxy) is 5. The van der Waals surface area contributed by atoms with Gasteiger partial charge in [0, 0.05) is 25.2 Å². The summed E-state index contributed by atoms with van der Waals surface area (Å²) >= 11 is 0. The predicted octanol–water partition coefficient (Wildman–Crippen LogP) is 5.29. The predicted molar refractivity (Wildman–Crippen MR) is 204 cm³/mol. The number of hydrogen-bond donors (Lipinski definition) is 5. The van der Waals surface area contributed by atoms with Crippen LogP contribution < -0.4 is 29.6 Å². The van der Waals surface area contributed by atoms with E-state index in [0.717, 1.165) is 11.1 Å². The number of likely N-dealkylation sites (tertiary alicyclic amines) is 2. The maximum Gasteiger partial charge on any atom is 0.412 e. The smallest absolute Gasteiger partial charge is 0.412 e. The number of unbranched alkanes of at least 4 members (excludes halogenated alkanes) is 2. The minimum Gasteiger partial charge on any atom is -0.493 e. The number of nitrogens with one attached hydrogen (secondary N) is 2. The first-order valence-electron chi connectivity index (χ1n) is 18.0. The lowest BCUT2D eigenvalue weighted by Gasteiger charge is -2.25. The molecule has 2 aliphatic heterocycles. The average molecular weight is 769 g/mol. The van der Waals surface area contributed by atoms with Gasteiger partial charge in [0.15, 0.2) is 23.0 Å². The monoisotopic (exact) mass is 768 g/mol. The molecule has 2 aromatic carbocycles. The number of methoxy groups -OCH3 is 2. The molecular weight excluding hydrogens is 716 g/mol. The summed E-state index contributed by atoms with van der Waals surface area (Å²) in [6, 6.07) is 4.89. The van der Waals surface area contributed by atoms with Gasteiger partial charge in [0.25, 0.3) is 11.8 Å². The van der Waals surface area contributed by atoms with E-state index >= 15 is 0 Å². The third kappa shape index (κ3) is 11.0. The van der Waals surface area contributed by atoms with Crippen LogP contribution in [0.25, 0.3) is 0 Å². The summed E-state index contributed by atoms with van der Waals surface area (Å²) < 4.78 is 28.5. The number of anilines is 2. The maximum atomic E-state index is 13.7. The number of nitrogens with zero attached hydrogens (tertiary/aromatic N) is 2. The van der Waals surface area contributed by atoms with Crippen molar-refractivity contribution in [1.82, 2.24) is 9.80 Å². The fraction of sp³-hybridized carbons (Fsp3) is 0.487. The summed E-state index contributed by atoms with van der Waals surface area (Å²) in [6.45, 7) is 13.5. The molecule has 2 unspecified atom stereocenters. The molecule has 2 aromatic rings. The highest BCUT2D eigenvalue weighted by Crippen LogP contribution is 2.38. The number of aliphatic hydroxyl groups excluding tert-OH is 2. The molecule has 2 atom stereocenters. The zero-order chi connectivity index (χ0) is 40.4. The highest BCUT2D eigenvalue weighted by molar-refractivity contribution is 6.05. The number of hydrogen-bond acceptors (Lipinski definition) is 11. The van der Waals surface area contributed by atoms with Crippen molar-refractivity contribution in [2.24, 2.45) is 0 Å². The van der Waals surface area contributed by atoms with E-state index in [9.17, 15) is 34.5 Å². The topological polar surface area (TPSA) is 206 Å². The van der Waals surface area contributed by atoms with Gasteiger partial charge in [0.05, 0.1) is 75.2 Å². The standard InChI is InChI=1S/C39H52N4O12/c1-23-13-25(21-44)42(19-23)35(46)27-15-31(51-6)33(17-29(27)40-37(48)49)53-11-9-8-10-12-54-34-18-30(41-38(50)55-39(3,4)5)28(16-32(34)52-7)36(47)43-20-24(2)14-26(43)22-45/h15-18,25-26,40,44-45H,1-2,8-14,19-22H2,3-7H3,(H,41,50)(H,48,49). The zero-order valence-corrected chi connectivity index (χ0v) is 32.1. The van der Waals surface area contributed by atoms with Crippen LogP contribution in [0.1, 0.15) is 73.6 Å². The number of rotatable bonds is 16. The van der Waals surface area contributed by atoms with E-state index in [-0.39, 0.29) is 85.0 Å². The highest BCUT2D eigenvalue weighted by Gasteiger charge is 2.35. The Morgan fingerprint density at radius 2 is 1.16 bits per heavy atom. The Morgan fingerprint density at radius 3 is 1.55 bits per heavy atom. The lowest BCUT2D eigenvalue weighted by atomic mass is 10.1. The van der Waals surface area contributed by atoms with Crippen molar-refractivity contribution in [1.29, 1.82) is 0 Å². The quantitative estimate of drug-likeness (QED) is 0.109. The fourth-order valence-electron chi connectivity index (χ4n) is 6.37. The van der Waals surface area contributed by atoms with Crippen molar-refractivity contribution < 1.29 is 58.2 Å². The molecule has 0 aromatic heterocycles. The molecule has 5 N–H and O–H groups in total. The molecule has 55 heavy (non-hydrogen) atoms. The summed E-state index contributed by atoms with van der Waals surface area (Å²) in [5.74, 6) is 0.105. The van der Waals surface area contributed by atoms with E-state index in [4.69, 9.17) is 23.7 Å². The van der Waals surface area contributed by atoms with Crippen LogP contribution in [0.5, 0.6) is 23.0 Å². The third-order valence-corrected chi connectivity index (χ3v) is 8.91. The second kappa shape index (κ2) is 18.7. The van der Waals surface area contributed by atoms with Gasteiger partial charge in [0.2, 0.25) is 0 Å². The van der Waals surface area contributed by atoms with Crippen molar-refractivity contribution in [3.8, 4) is 23.0 Å². The molecule has 4 rings (SSSR count). The van der Waals surface area contributed by atoms with E-state index in [0.29, 0.717) is 32.1 Å². The van der Waals surface area contributed by atoms with Crippen LogP contribution in [0.4, 0.5) is 21.0 Å². The molecule has 4 amide bonds. The minimum absolute atomic E-state index is 0.0113. The normalized spacial score (nSPS) is 16.9. The second-order valence-corrected chi connectivity index (χ2v) is 14.4. The Bertz CT molecular complexity index is 1770. The Labute approximate surface area is 320 Å². The molecule has 2 saturated heterocycles. The van der Waals surface area contributed by atoms with Crippen molar-refractivity contribution in [3.05, 3.63) is 59.7 Å². The van der Waals surface area contributed by atoms with E-state index in [1.165, 1.54) is 48.3 Å². The zero-order valence-electron chi connectivity index (χ0n) is 32.1. The number of carbonyl (C=O) groups is 4. The largest absolute Gasteiger partial charge is 0.493 e. The number of carbonyl (C=O) groups excluding carboxylic acids is 3. The van der Waals surface area contributed by atoms with Crippen LogP contribution >= 0.6 is 0 Å². The number of carboxylic acid groups (broad SMARTS) is 1. The molecule has 16 heteroatoms. The van der Waals surface area contributed by atoms with Crippen molar-refractivity contribution >= 4 is 35.4 Å². The highest BCUT2D eigenvalue weighted by atomic mass is 16.6.